The molecule has 0 aliphatic rings. The number of guanidine groups is 1. The molecule has 0 radical (unpaired) electrons. The predicted molar refractivity (Wildman–Crippen MR) is 112 cm³/mol. The zero-order valence-electron chi connectivity index (χ0n) is 14.8. The molecule has 1 aromatic rings. The van der Waals surface area contributed by atoms with E-state index in [-0.39, 0.29) is 48.2 Å². The number of halogens is 1. The van der Waals surface area contributed by atoms with Gasteiger partial charge in [0, 0.05) is 25.9 Å². The SMILES string of the molecule is CN=C(NCC(=O)NCc1ccccc1)NC(C)CCS(C)(=O)=O.I. The number of sulfone groups is 1. The minimum absolute atomic E-state index is 0. The molecule has 0 saturated carbocycles. The van der Waals surface area contributed by atoms with Crippen molar-refractivity contribution in [1.82, 2.24) is 16.0 Å². The first-order valence-corrected chi connectivity index (χ1v) is 9.81. The lowest BCUT2D eigenvalue weighted by Crippen LogP contribution is -2.46. The van der Waals surface area contributed by atoms with Crippen molar-refractivity contribution in [1.29, 1.82) is 0 Å². The molecule has 0 heterocycles. The third kappa shape index (κ3) is 11.8. The smallest absolute Gasteiger partial charge is 0.239 e. The quantitative estimate of drug-likeness (QED) is 0.291. The monoisotopic (exact) mass is 482 g/mol. The maximum absolute atomic E-state index is 11.8. The van der Waals surface area contributed by atoms with Crippen LogP contribution in [0.4, 0.5) is 0 Å². The van der Waals surface area contributed by atoms with Crippen molar-refractivity contribution < 1.29 is 13.2 Å². The highest BCUT2D eigenvalue weighted by Gasteiger charge is 2.10. The fourth-order valence-electron chi connectivity index (χ4n) is 1.91. The number of aliphatic imine (C=N–C) groups is 1. The molecule has 0 fully saturated rings. The van der Waals surface area contributed by atoms with E-state index in [0.717, 1.165) is 5.56 Å². The predicted octanol–water partition coefficient (Wildman–Crippen LogP) is 0.909. The Labute approximate surface area is 167 Å². The highest BCUT2D eigenvalue weighted by Crippen LogP contribution is 1.97. The lowest BCUT2D eigenvalue weighted by molar-refractivity contribution is -0.120. The van der Waals surface area contributed by atoms with Crippen molar-refractivity contribution in [3.05, 3.63) is 35.9 Å². The molecule has 0 spiro atoms. The van der Waals surface area contributed by atoms with Gasteiger partial charge in [-0.05, 0) is 18.9 Å². The lowest BCUT2D eigenvalue weighted by Gasteiger charge is -2.17. The largest absolute Gasteiger partial charge is 0.354 e. The molecule has 1 atom stereocenters. The minimum Gasteiger partial charge on any atom is -0.354 e. The summed E-state index contributed by atoms with van der Waals surface area (Å²) in [5.41, 5.74) is 1.03. The molecule has 0 saturated heterocycles. The summed E-state index contributed by atoms with van der Waals surface area (Å²) in [6, 6.07) is 9.58. The van der Waals surface area contributed by atoms with Crippen LogP contribution in [-0.4, -0.2) is 51.9 Å². The van der Waals surface area contributed by atoms with Crippen LogP contribution in [0.2, 0.25) is 0 Å². The Bertz CT molecular complexity index is 651. The van der Waals surface area contributed by atoms with Crippen molar-refractivity contribution in [2.45, 2.75) is 25.9 Å². The van der Waals surface area contributed by atoms with Gasteiger partial charge in [-0.15, -0.1) is 24.0 Å². The van der Waals surface area contributed by atoms with Crippen LogP contribution in [0.3, 0.4) is 0 Å². The molecule has 1 rings (SSSR count). The molecule has 0 aliphatic carbocycles. The van der Waals surface area contributed by atoms with Crippen LogP contribution in [0.25, 0.3) is 0 Å². The van der Waals surface area contributed by atoms with Gasteiger partial charge >= 0.3 is 0 Å². The number of carbonyl (C=O) groups excluding carboxylic acids is 1. The first kappa shape index (κ1) is 23.6. The molecule has 142 valence electrons. The van der Waals surface area contributed by atoms with Crippen LogP contribution in [0.1, 0.15) is 18.9 Å². The van der Waals surface area contributed by atoms with E-state index in [2.05, 4.69) is 20.9 Å². The molecule has 0 aromatic heterocycles. The molecule has 0 bridgehead atoms. The van der Waals surface area contributed by atoms with Crippen LogP contribution < -0.4 is 16.0 Å². The Morgan fingerprint density at radius 2 is 1.84 bits per heavy atom. The number of rotatable bonds is 8. The Morgan fingerprint density at radius 3 is 2.40 bits per heavy atom. The Hall–Kier alpha value is -1.36. The third-order valence-electron chi connectivity index (χ3n) is 3.28. The Balaban J connectivity index is 0.00000576. The van der Waals surface area contributed by atoms with Gasteiger partial charge in [0.2, 0.25) is 5.91 Å². The summed E-state index contributed by atoms with van der Waals surface area (Å²) in [4.78, 5) is 15.9. The molecular formula is C16H27IN4O3S. The normalized spacial score (nSPS) is 12.7. The van der Waals surface area contributed by atoms with Crippen LogP contribution in [0.5, 0.6) is 0 Å². The summed E-state index contributed by atoms with van der Waals surface area (Å²) < 4.78 is 22.3. The fourth-order valence-corrected chi connectivity index (χ4v) is 2.70. The van der Waals surface area contributed by atoms with E-state index >= 15 is 0 Å². The molecule has 9 heteroatoms. The van der Waals surface area contributed by atoms with Crippen LogP contribution in [0, 0.1) is 0 Å². The summed E-state index contributed by atoms with van der Waals surface area (Å²) in [5, 5.41) is 8.79. The van der Waals surface area contributed by atoms with Crippen molar-refractivity contribution in [2.75, 3.05) is 25.6 Å². The van der Waals surface area contributed by atoms with Gasteiger partial charge in [-0.1, -0.05) is 30.3 Å². The summed E-state index contributed by atoms with van der Waals surface area (Å²) in [7, 11) is -1.39. The highest BCUT2D eigenvalue weighted by atomic mass is 127. The number of carbonyl (C=O) groups is 1. The molecule has 1 aromatic carbocycles. The number of nitrogens with zero attached hydrogens (tertiary/aromatic N) is 1. The summed E-state index contributed by atoms with van der Waals surface area (Å²) in [6.45, 7) is 2.43. The van der Waals surface area contributed by atoms with Crippen molar-refractivity contribution in [3.8, 4) is 0 Å². The van der Waals surface area contributed by atoms with Crippen LogP contribution in [0.15, 0.2) is 35.3 Å². The summed E-state index contributed by atoms with van der Waals surface area (Å²) >= 11 is 0. The molecule has 0 aliphatic heterocycles. The second-order valence-corrected chi connectivity index (χ2v) is 7.91. The lowest BCUT2D eigenvalue weighted by atomic mass is 10.2. The zero-order chi connectivity index (χ0) is 18.0. The second-order valence-electron chi connectivity index (χ2n) is 5.65. The van der Waals surface area contributed by atoms with Gasteiger partial charge in [0.05, 0.1) is 12.3 Å². The van der Waals surface area contributed by atoms with Gasteiger partial charge in [-0.25, -0.2) is 8.42 Å². The molecule has 1 amide bonds. The van der Waals surface area contributed by atoms with Gasteiger partial charge < -0.3 is 16.0 Å². The van der Waals surface area contributed by atoms with E-state index in [9.17, 15) is 13.2 Å². The molecule has 3 N–H and O–H groups in total. The van der Waals surface area contributed by atoms with Gasteiger partial charge in [0.25, 0.3) is 0 Å². The van der Waals surface area contributed by atoms with E-state index in [1.54, 1.807) is 7.05 Å². The standard InChI is InChI=1S/C16H26N4O3S.HI/c1-13(9-10-24(3,22)23)20-16(17-2)19-12-15(21)18-11-14-7-5-4-6-8-14;/h4-8,13H,9-12H2,1-3H3,(H,18,21)(H2,17,19,20);1H. The topological polar surface area (TPSA) is 99.7 Å². The number of hydrogen-bond acceptors (Lipinski definition) is 4. The van der Waals surface area contributed by atoms with Crippen LogP contribution in [-0.2, 0) is 21.2 Å². The van der Waals surface area contributed by atoms with E-state index < -0.39 is 9.84 Å². The number of hydrogen-bond donors (Lipinski definition) is 3. The van der Waals surface area contributed by atoms with E-state index in [0.29, 0.717) is 18.9 Å². The van der Waals surface area contributed by atoms with Crippen LogP contribution >= 0.6 is 24.0 Å². The first-order chi connectivity index (χ1) is 11.3. The maximum atomic E-state index is 11.8. The third-order valence-corrected chi connectivity index (χ3v) is 4.25. The fraction of sp³-hybridized carbons (Fsp3) is 0.500. The Kier molecular flexibility index (Phi) is 11.4. The summed E-state index contributed by atoms with van der Waals surface area (Å²) in [6.07, 6.45) is 1.68. The van der Waals surface area contributed by atoms with Gasteiger partial charge in [0.1, 0.15) is 9.84 Å². The first-order valence-electron chi connectivity index (χ1n) is 7.75. The van der Waals surface area contributed by atoms with Crippen molar-refractivity contribution in [3.63, 3.8) is 0 Å². The molecule has 7 nitrogen and oxygen atoms in total. The molecular weight excluding hydrogens is 455 g/mol. The number of nitrogens with one attached hydrogen (secondary N) is 3. The number of benzene rings is 1. The van der Waals surface area contributed by atoms with E-state index in [4.69, 9.17) is 0 Å². The second kappa shape index (κ2) is 12.1. The number of amides is 1. The van der Waals surface area contributed by atoms with Crippen molar-refractivity contribution in [2.24, 2.45) is 4.99 Å². The van der Waals surface area contributed by atoms with Crippen molar-refractivity contribution >= 4 is 45.7 Å². The highest BCUT2D eigenvalue weighted by molar-refractivity contribution is 14.0. The van der Waals surface area contributed by atoms with E-state index in [1.165, 1.54) is 6.26 Å². The van der Waals surface area contributed by atoms with Gasteiger partial charge in [-0.2, -0.15) is 0 Å². The van der Waals surface area contributed by atoms with Gasteiger partial charge in [0.15, 0.2) is 5.96 Å². The minimum atomic E-state index is -2.99. The maximum Gasteiger partial charge on any atom is 0.239 e. The average molecular weight is 482 g/mol. The Morgan fingerprint density at radius 1 is 1.20 bits per heavy atom. The summed E-state index contributed by atoms with van der Waals surface area (Å²) in [5.74, 6) is 0.423. The zero-order valence-corrected chi connectivity index (χ0v) is 17.9. The van der Waals surface area contributed by atoms with E-state index in [1.807, 2.05) is 37.3 Å². The average Bonchev–Trinajstić information content (AvgIpc) is 2.55. The van der Waals surface area contributed by atoms with Gasteiger partial charge in [-0.3, -0.25) is 9.79 Å². The molecule has 1 unspecified atom stereocenters. The molecule has 25 heavy (non-hydrogen) atoms.